The molecule has 4 rings (SSSR count). The molecule has 2 aromatic carbocycles. The lowest BCUT2D eigenvalue weighted by Gasteiger charge is -2.23. The Balaban J connectivity index is 0.00000225. The molecule has 2 amide bonds. The van der Waals surface area contributed by atoms with Gasteiger partial charge in [-0.05, 0) is 74.2 Å². The van der Waals surface area contributed by atoms with Crippen molar-refractivity contribution in [3.63, 3.8) is 0 Å². The highest BCUT2D eigenvalue weighted by Crippen LogP contribution is 2.58. The minimum absolute atomic E-state index is 0. The fraction of sp³-hybridized carbons (Fsp3) is 0.333. The van der Waals surface area contributed by atoms with E-state index in [0.717, 1.165) is 32.4 Å². The number of piperidine rings is 1. The van der Waals surface area contributed by atoms with Gasteiger partial charge in [-0.25, -0.2) is 4.39 Å². The molecular weight excluding hydrogens is 381 g/mol. The minimum atomic E-state index is -0.412. The molecular formula is C21H23ClFN3O2. The minimum Gasteiger partial charge on any atom is -0.326 e. The third-order valence-electron chi connectivity index (χ3n) is 5.58. The van der Waals surface area contributed by atoms with Gasteiger partial charge in [-0.3, -0.25) is 9.59 Å². The van der Waals surface area contributed by atoms with Gasteiger partial charge in [0.05, 0.1) is 0 Å². The highest BCUT2D eigenvalue weighted by atomic mass is 35.5. The Hall–Kier alpha value is -2.44. The predicted molar refractivity (Wildman–Crippen MR) is 109 cm³/mol. The van der Waals surface area contributed by atoms with E-state index in [0.29, 0.717) is 16.9 Å². The van der Waals surface area contributed by atoms with E-state index in [1.54, 1.807) is 30.3 Å². The van der Waals surface area contributed by atoms with Crippen LogP contribution in [0.25, 0.3) is 0 Å². The predicted octanol–water partition coefficient (Wildman–Crippen LogP) is 3.83. The van der Waals surface area contributed by atoms with Crippen LogP contribution in [0.3, 0.4) is 0 Å². The number of rotatable bonds is 4. The SMILES string of the molecule is Cl.O=C(Nc1cccc(F)c1)c1cccc(NC(=O)C2CC23CCNCC3)c1. The number of halogens is 2. The van der Waals surface area contributed by atoms with Crippen molar-refractivity contribution in [3.8, 4) is 0 Å². The van der Waals surface area contributed by atoms with Crippen LogP contribution in [0.4, 0.5) is 15.8 Å². The normalized spacial score (nSPS) is 19.4. The third-order valence-corrected chi connectivity index (χ3v) is 5.58. The average Bonchev–Trinajstić information content (AvgIpc) is 3.35. The van der Waals surface area contributed by atoms with E-state index in [-0.39, 0.29) is 35.6 Å². The number of carbonyl (C=O) groups is 2. The maximum Gasteiger partial charge on any atom is 0.255 e. The van der Waals surface area contributed by atoms with Crippen LogP contribution in [0.2, 0.25) is 0 Å². The first-order valence-corrected chi connectivity index (χ1v) is 9.24. The summed E-state index contributed by atoms with van der Waals surface area (Å²) in [5.74, 6) is -0.674. The maximum absolute atomic E-state index is 13.3. The molecule has 1 atom stereocenters. The fourth-order valence-corrected chi connectivity index (χ4v) is 3.93. The van der Waals surface area contributed by atoms with Crippen molar-refractivity contribution in [3.05, 3.63) is 59.9 Å². The van der Waals surface area contributed by atoms with Crippen LogP contribution in [0.5, 0.6) is 0 Å². The number of anilines is 2. The summed E-state index contributed by atoms with van der Waals surface area (Å²) in [6, 6.07) is 12.5. The van der Waals surface area contributed by atoms with Gasteiger partial charge in [0.1, 0.15) is 5.82 Å². The lowest BCUT2D eigenvalue weighted by Crippen LogP contribution is -2.31. The van der Waals surface area contributed by atoms with Gasteiger partial charge in [0, 0.05) is 22.9 Å². The molecule has 1 heterocycles. The maximum atomic E-state index is 13.3. The van der Waals surface area contributed by atoms with Crippen LogP contribution in [-0.2, 0) is 4.79 Å². The van der Waals surface area contributed by atoms with E-state index in [9.17, 15) is 14.0 Å². The lowest BCUT2D eigenvalue weighted by molar-refractivity contribution is -0.118. The molecule has 0 radical (unpaired) electrons. The largest absolute Gasteiger partial charge is 0.326 e. The Morgan fingerprint density at radius 3 is 2.39 bits per heavy atom. The smallest absolute Gasteiger partial charge is 0.255 e. The molecule has 1 saturated heterocycles. The van der Waals surface area contributed by atoms with Gasteiger partial charge < -0.3 is 16.0 Å². The molecule has 1 aliphatic carbocycles. The molecule has 2 fully saturated rings. The molecule has 0 bridgehead atoms. The molecule has 5 nitrogen and oxygen atoms in total. The van der Waals surface area contributed by atoms with Crippen molar-refractivity contribution in [1.82, 2.24) is 5.32 Å². The Morgan fingerprint density at radius 2 is 1.68 bits per heavy atom. The number of hydrogen-bond donors (Lipinski definition) is 3. The summed E-state index contributed by atoms with van der Waals surface area (Å²) in [5, 5.41) is 8.94. The van der Waals surface area contributed by atoms with Gasteiger partial charge in [0.15, 0.2) is 0 Å². The Labute approximate surface area is 169 Å². The van der Waals surface area contributed by atoms with Crippen molar-refractivity contribution in [2.75, 3.05) is 23.7 Å². The second-order valence-electron chi connectivity index (χ2n) is 7.40. The summed E-state index contributed by atoms with van der Waals surface area (Å²) in [7, 11) is 0. The zero-order valence-electron chi connectivity index (χ0n) is 15.3. The molecule has 1 saturated carbocycles. The van der Waals surface area contributed by atoms with Crippen molar-refractivity contribution in [2.24, 2.45) is 11.3 Å². The van der Waals surface area contributed by atoms with Gasteiger partial charge in [0.25, 0.3) is 5.91 Å². The first kappa shape index (κ1) is 20.3. The number of nitrogens with one attached hydrogen (secondary N) is 3. The number of hydrogen-bond acceptors (Lipinski definition) is 3. The monoisotopic (exact) mass is 403 g/mol. The van der Waals surface area contributed by atoms with Crippen LogP contribution < -0.4 is 16.0 Å². The first-order valence-electron chi connectivity index (χ1n) is 9.24. The van der Waals surface area contributed by atoms with Gasteiger partial charge in [-0.15, -0.1) is 12.4 Å². The summed E-state index contributed by atoms with van der Waals surface area (Å²) < 4.78 is 13.3. The highest BCUT2D eigenvalue weighted by Gasteiger charge is 2.57. The molecule has 2 aromatic rings. The quantitative estimate of drug-likeness (QED) is 0.726. The third kappa shape index (κ3) is 4.34. The van der Waals surface area contributed by atoms with Crippen molar-refractivity contribution < 1.29 is 14.0 Å². The van der Waals surface area contributed by atoms with E-state index in [1.807, 2.05) is 0 Å². The molecule has 148 valence electrons. The van der Waals surface area contributed by atoms with Gasteiger partial charge >= 0.3 is 0 Å². The van der Waals surface area contributed by atoms with Gasteiger partial charge in [-0.2, -0.15) is 0 Å². The standard InChI is InChI=1S/C21H22FN3O2.ClH/c22-15-4-2-6-17(12-15)24-19(26)14-3-1-5-16(11-14)25-20(27)18-13-21(18)7-9-23-10-8-21;/h1-6,11-12,18,23H,7-10,13H2,(H,24,26)(H,25,27);1H. The molecule has 3 N–H and O–H groups in total. The topological polar surface area (TPSA) is 70.2 Å². The lowest BCUT2D eigenvalue weighted by atomic mass is 9.92. The highest BCUT2D eigenvalue weighted by molar-refractivity contribution is 6.05. The summed E-state index contributed by atoms with van der Waals surface area (Å²) in [6.07, 6.45) is 3.03. The summed E-state index contributed by atoms with van der Waals surface area (Å²) >= 11 is 0. The summed E-state index contributed by atoms with van der Waals surface area (Å²) in [5.41, 5.74) is 1.56. The molecule has 7 heteroatoms. The summed E-state index contributed by atoms with van der Waals surface area (Å²) in [6.45, 7) is 1.94. The van der Waals surface area contributed by atoms with E-state index >= 15 is 0 Å². The second kappa shape index (κ2) is 8.29. The van der Waals surface area contributed by atoms with Gasteiger partial charge in [-0.1, -0.05) is 12.1 Å². The molecule has 0 aromatic heterocycles. The van der Waals surface area contributed by atoms with Crippen molar-refractivity contribution in [1.29, 1.82) is 0 Å². The van der Waals surface area contributed by atoms with Gasteiger partial charge in [0.2, 0.25) is 5.91 Å². The van der Waals surface area contributed by atoms with Crippen LogP contribution in [0.1, 0.15) is 29.6 Å². The Bertz CT molecular complexity index is 883. The van der Waals surface area contributed by atoms with E-state index in [4.69, 9.17) is 0 Å². The summed E-state index contributed by atoms with van der Waals surface area (Å²) in [4.78, 5) is 25.0. The Kier molecular flexibility index (Phi) is 6.01. The van der Waals surface area contributed by atoms with Crippen molar-refractivity contribution >= 4 is 35.6 Å². The van der Waals surface area contributed by atoms with E-state index in [2.05, 4.69) is 16.0 Å². The molecule has 1 spiro atoms. The van der Waals surface area contributed by atoms with E-state index in [1.165, 1.54) is 18.2 Å². The average molecular weight is 404 g/mol. The first-order chi connectivity index (χ1) is 13.1. The van der Waals surface area contributed by atoms with Crippen LogP contribution >= 0.6 is 12.4 Å². The molecule has 28 heavy (non-hydrogen) atoms. The molecule has 1 unspecified atom stereocenters. The zero-order chi connectivity index (χ0) is 18.9. The Morgan fingerprint density at radius 1 is 1.00 bits per heavy atom. The number of carbonyl (C=O) groups excluding carboxylic acids is 2. The molecule has 1 aliphatic heterocycles. The van der Waals surface area contributed by atoms with Crippen LogP contribution in [0.15, 0.2) is 48.5 Å². The second-order valence-corrected chi connectivity index (χ2v) is 7.40. The zero-order valence-corrected chi connectivity index (χ0v) is 16.2. The van der Waals surface area contributed by atoms with Crippen molar-refractivity contribution in [2.45, 2.75) is 19.3 Å². The van der Waals surface area contributed by atoms with Crippen LogP contribution in [-0.4, -0.2) is 24.9 Å². The number of benzene rings is 2. The molecule has 2 aliphatic rings. The fourth-order valence-electron chi connectivity index (χ4n) is 3.93. The van der Waals surface area contributed by atoms with Crippen LogP contribution in [0, 0.1) is 17.2 Å². The van der Waals surface area contributed by atoms with E-state index < -0.39 is 5.82 Å². The number of amides is 2.